The van der Waals surface area contributed by atoms with Crippen molar-refractivity contribution in [3.8, 4) is 6.01 Å². The van der Waals surface area contributed by atoms with Crippen molar-refractivity contribution in [2.45, 2.75) is 37.2 Å². The van der Waals surface area contributed by atoms with Gasteiger partial charge in [0, 0.05) is 12.7 Å². The number of methoxy groups -OCH3 is 1. The third-order valence-corrected chi connectivity index (χ3v) is 5.87. The molecule has 1 aliphatic rings. The Kier molecular flexibility index (Phi) is 8.01. The van der Waals surface area contributed by atoms with Crippen LogP contribution in [0.15, 0.2) is 29.1 Å². The van der Waals surface area contributed by atoms with Gasteiger partial charge in [-0.15, -0.1) is 0 Å². The second-order valence-electron chi connectivity index (χ2n) is 8.37. The number of ether oxygens (including phenoxy) is 3. The van der Waals surface area contributed by atoms with Crippen LogP contribution in [0.5, 0.6) is 6.01 Å². The third kappa shape index (κ3) is 5.56. The first-order chi connectivity index (χ1) is 17.7. The zero-order valence-corrected chi connectivity index (χ0v) is 19.8. The van der Waals surface area contributed by atoms with E-state index in [0.717, 1.165) is 0 Å². The predicted molar refractivity (Wildman–Crippen MR) is 127 cm³/mol. The number of imidazole rings is 1. The molecule has 1 unspecified atom stereocenters. The average Bonchev–Trinajstić information content (AvgIpc) is 3.20. The van der Waals surface area contributed by atoms with E-state index in [-0.39, 0.29) is 41.7 Å². The highest BCUT2D eigenvalue weighted by Crippen LogP contribution is 2.21. The third-order valence-electron chi connectivity index (χ3n) is 5.87. The number of hydrogen-bond donors (Lipinski definition) is 7. The number of aliphatic hydroxyl groups is 4. The van der Waals surface area contributed by atoms with Crippen LogP contribution in [0.3, 0.4) is 0 Å². The van der Waals surface area contributed by atoms with Gasteiger partial charge < -0.3 is 50.7 Å². The first kappa shape index (κ1) is 26.5. The maximum absolute atomic E-state index is 12.7. The maximum Gasteiger partial charge on any atom is 0.328 e. The van der Waals surface area contributed by atoms with Crippen molar-refractivity contribution in [1.29, 1.82) is 0 Å². The van der Waals surface area contributed by atoms with Crippen LogP contribution >= 0.6 is 0 Å². The number of anilines is 1. The highest BCUT2D eigenvalue weighted by molar-refractivity contribution is 5.94. The molecule has 0 saturated carbocycles. The van der Waals surface area contributed by atoms with Gasteiger partial charge >= 0.3 is 11.7 Å². The van der Waals surface area contributed by atoms with Gasteiger partial charge in [0.05, 0.1) is 19.8 Å². The van der Waals surface area contributed by atoms with Crippen molar-refractivity contribution < 1.29 is 39.4 Å². The molecule has 0 bridgehead atoms. The lowest BCUT2D eigenvalue weighted by Gasteiger charge is -2.40. The molecule has 1 aliphatic heterocycles. The first-order valence-electron chi connectivity index (χ1n) is 11.3. The van der Waals surface area contributed by atoms with E-state index in [0.29, 0.717) is 12.2 Å². The fourth-order valence-electron chi connectivity index (χ4n) is 3.84. The Morgan fingerprint density at radius 3 is 2.57 bits per heavy atom. The fraction of sp³-hybridized carbons (Fsp3) is 0.455. The van der Waals surface area contributed by atoms with Crippen LogP contribution in [0.4, 0.5) is 5.82 Å². The molecule has 15 nitrogen and oxygen atoms in total. The Labute approximate surface area is 209 Å². The number of hydrogen-bond acceptors (Lipinski definition) is 12. The van der Waals surface area contributed by atoms with Crippen LogP contribution in [0.1, 0.15) is 15.9 Å². The summed E-state index contributed by atoms with van der Waals surface area (Å²) in [5, 5.41) is 41.6. The number of H-pyrrole nitrogens is 1. The largest absolute Gasteiger partial charge is 0.461 e. The molecule has 0 spiro atoms. The van der Waals surface area contributed by atoms with Crippen LogP contribution in [0.2, 0.25) is 0 Å². The number of benzene rings is 1. The van der Waals surface area contributed by atoms with Gasteiger partial charge in [-0.2, -0.15) is 9.97 Å². The zero-order valence-electron chi connectivity index (χ0n) is 19.8. The molecule has 4 rings (SSSR count). The summed E-state index contributed by atoms with van der Waals surface area (Å²) >= 11 is 0. The molecule has 3 aromatic rings. The lowest BCUT2D eigenvalue weighted by molar-refractivity contribution is -0.233. The molecule has 3 heterocycles. The monoisotopic (exact) mass is 520 g/mol. The molecule has 15 heteroatoms. The van der Waals surface area contributed by atoms with Gasteiger partial charge in [-0.1, -0.05) is 12.1 Å². The van der Waals surface area contributed by atoms with Gasteiger partial charge in [0.25, 0.3) is 5.91 Å². The van der Waals surface area contributed by atoms with E-state index in [9.17, 15) is 30.0 Å². The lowest BCUT2D eigenvalue weighted by atomic mass is 9.98. The summed E-state index contributed by atoms with van der Waals surface area (Å²) in [7, 11) is 1.52. The van der Waals surface area contributed by atoms with E-state index in [4.69, 9.17) is 19.9 Å². The predicted octanol–water partition coefficient (Wildman–Crippen LogP) is -2.69. The molecule has 8 N–H and O–H groups in total. The molecule has 1 fully saturated rings. The Morgan fingerprint density at radius 1 is 1.16 bits per heavy atom. The van der Waals surface area contributed by atoms with Crippen molar-refractivity contribution >= 4 is 22.9 Å². The number of nitrogen functional groups attached to an aromatic ring is 1. The molecule has 2 aromatic heterocycles. The van der Waals surface area contributed by atoms with Crippen LogP contribution in [0.25, 0.3) is 11.2 Å². The van der Waals surface area contributed by atoms with Gasteiger partial charge in [0.1, 0.15) is 36.5 Å². The number of aliphatic hydroxyl groups excluding tert-OH is 4. The smallest absolute Gasteiger partial charge is 0.328 e. The fourth-order valence-corrected chi connectivity index (χ4v) is 3.84. The molecule has 1 saturated heterocycles. The second-order valence-corrected chi connectivity index (χ2v) is 8.37. The van der Waals surface area contributed by atoms with Gasteiger partial charge in [-0.05, 0) is 17.7 Å². The van der Waals surface area contributed by atoms with E-state index in [1.807, 2.05) is 0 Å². The van der Waals surface area contributed by atoms with E-state index < -0.39 is 48.8 Å². The number of nitrogens with zero attached hydrogens (tertiary/aromatic N) is 3. The Morgan fingerprint density at radius 2 is 1.89 bits per heavy atom. The minimum absolute atomic E-state index is 0.00462. The molecule has 37 heavy (non-hydrogen) atoms. The summed E-state index contributed by atoms with van der Waals surface area (Å²) in [6, 6.07) is 6.23. The van der Waals surface area contributed by atoms with Crippen LogP contribution < -0.4 is 21.5 Å². The summed E-state index contributed by atoms with van der Waals surface area (Å²) in [5.41, 5.74) is 6.85. The molecule has 200 valence electrons. The highest BCUT2D eigenvalue weighted by Gasteiger charge is 2.44. The standard InChI is InChI=1S/C22H28N6O9/c1-35-6-7-36-21-25-17(23)13-18(26-21)28(22(34)24-13)8-10-2-4-11(5-3-10)19(33)27-20-16(32)15(31)14(30)12(9-29)37-20/h2-5,12,14-16,20,29-32H,6-9H2,1H3,(H,24,34)(H,27,33)(H2,23,25,26)/t12-,14-,15+,16-,20?/m1/s1. The van der Waals surface area contributed by atoms with Crippen molar-refractivity contribution in [3.05, 3.63) is 45.9 Å². The number of aromatic amines is 1. The van der Waals surface area contributed by atoms with Crippen LogP contribution in [-0.4, -0.2) is 103 Å². The van der Waals surface area contributed by atoms with Crippen molar-refractivity contribution in [2.75, 3.05) is 32.7 Å². The number of rotatable bonds is 9. The van der Waals surface area contributed by atoms with E-state index in [2.05, 4.69) is 20.3 Å². The van der Waals surface area contributed by atoms with Gasteiger partial charge in [-0.25, -0.2) is 4.79 Å². The Balaban J connectivity index is 1.48. The number of nitrogens with two attached hydrogens (primary N) is 1. The maximum atomic E-state index is 12.7. The van der Waals surface area contributed by atoms with Crippen molar-refractivity contribution in [2.24, 2.45) is 0 Å². The number of carbonyl (C=O) groups is 1. The Hall–Kier alpha value is -3.60. The molecule has 1 aromatic carbocycles. The summed E-state index contributed by atoms with van der Waals surface area (Å²) in [5.74, 6) is -0.577. The molecular weight excluding hydrogens is 492 g/mol. The van der Waals surface area contributed by atoms with Crippen molar-refractivity contribution in [1.82, 2.24) is 24.8 Å². The summed E-state index contributed by atoms with van der Waals surface area (Å²) in [4.78, 5) is 36.1. The van der Waals surface area contributed by atoms with Crippen LogP contribution in [-0.2, 0) is 16.0 Å². The molecule has 1 amide bonds. The van der Waals surface area contributed by atoms with E-state index >= 15 is 0 Å². The summed E-state index contributed by atoms with van der Waals surface area (Å²) in [6.45, 7) is -0.00171. The zero-order chi connectivity index (χ0) is 26.7. The van der Waals surface area contributed by atoms with Gasteiger partial charge in [-0.3, -0.25) is 9.36 Å². The number of amides is 1. The number of carbonyl (C=O) groups excluding carboxylic acids is 1. The number of nitrogens with one attached hydrogen (secondary N) is 2. The lowest BCUT2D eigenvalue weighted by Crippen LogP contribution is -2.63. The molecule has 5 atom stereocenters. The Bertz CT molecular complexity index is 1290. The first-order valence-corrected chi connectivity index (χ1v) is 11.3. The van der Waals surface area contributed by atoms with E-state index in [1.54, 1.807) is 12.1 Å². The number of aromatic nitrogens is 4. The molecule has 0 radical (unpaired) electrons. The van der Waals surface area contributed by atoms with Crippen molar-refractivity contribution in [3.63, 3.8) is 0 Å². The SMILES string of the molecule is COCCOc1nc(N)c2[nH]c(=O)n(Cc3ccc(C(=O)NC4O[C@H](CO)[C@@H](O)[C@H](O)[C@H]4O)cc3)c2n1. The van der Waals surface area contributed by atoms with E-state index in [1.165, 1.54) is 23.8 Å². The molecular formula is C22H28N6O9. The topological polar surface area (TPSA) is 227 Å². The molecule has 0 aliphatic carbocycles. The van der Waals surface area contributed by atoms with Gasteiger partial charge in [0.15, 0.2) is 17.7 Å². The summed E-state index contributed by atoms with van der Waals surface area (Å²) < 4.78 is 17.0. The summed E-state index contributed by atoms with van der Waals surface area (Å²) in [6.07, 6.45) is -7.25. The van der Waals surface area contributed by atoms with Gasteiger partial charge in [0.2, 0.25) is 0 Å². The minimum Gasteiger partial charge on any atom is -0.461 e. The second kappa shape index (κ2) is 11.2. The average molecular weight is 520 g/mol. The minimum atomic E-state index is -1.61. The van der Waals surface area contributed by atoms with Crippen LogP contribution in [0, 0.1) is 0 Å². The number of fused-ring (bicyclic) bond motifs is 1. The quantitative estimate of drug-likeness (QED) is 0.143. The normalized spacial score (nSPS) is 23.8. The highest BCUT2D eigenvalue weighted by atomic mass is 16.6.